The number of fused-ring (bicyclic) bond motifs is 1. The summed E-state index contributed by atoms with van der Waals surface area (Å²) in [5.41, 5.74) is 6.60. The summed E-state index contributed by atoms with van der Waals surface area (Å²) >= 11 is 0. The van der Waals surface area contributed by atoms with E-state index in [4.69, 9.17) is 15.2 Å². The fourth-order valence-corrected chi connectivity index (χ4v) is 1.84. The van der Waals surface area contributed by atoms with Gasteiger partial charge in [0.2, 0.25) is 0 Å². The van der Waals surface area contributed by atoms with Gasteiger partial charge < -0.3 is 15.2 Å². The molecule has 4 heteroatoms. The van der Waals surface area contributed by atoms with Gasteiger partial charge >= 0.3 is 0 Å². The number of rotatable bonds is 3. The van der Waals surface area contributed by atoms with Crippen LogP contribution in [0.2, 0.25) is 0 Å². The molecule has 0 radical (unpaired) electrons. The minimum absolute atomic E-state index is 0.0411. The highest BCUT2D eigenvalue weighted by atomic mass is 16.6. The molecule has 0 saturated heterocycles. The molecule has 1 aromatic carbocycles. The molecular formula is C15H21NO3. The zero-order valence-corrected chi connectivity index (χ0v) is 11.7. The Morgan fingerprint density at radius 2 is 1.89 bits per heavy atom. The Hall–Kier alpha value is -1.55. The van der Waals surface area contributed by atoms with Gasteiger partial charge in [0.05, 0.1) is 0 Å². The largest absolute Gasteiger partial charge is 0.486 e. The van der Waals surface area contributed by atoms with Gasteiger partial charge in [0.15, 0.2) is 17.3 Å². The average molecular weight is 263 g/mol. The van der Waals surface area contributed by atoms with Crippen LogP contribution in [-0.2, 0) is 0 Å². The summed E-state index contributed by atoms with van der Waals surface area (Å²) in [7, 11) is 0. The number of Topliss-reactive ketones (excluding diaryl/α,β-unsaturated/α-hetero) is 1. The molecule has 0 fully saturated rings. The molecule has 0 spiro atoms. The van der Waals surface area contributed by atoms with E-state index in [1.807, 2.05) is 20.8 Å². The van der Waals surface area contributed by atoms with Crippen molar-refractivity contribution < 1.29 is 14.3 Å². The van der Waals surface area contributed by atoms with Gasteiger partial charge in [-0.2, -0.15) is 0 Å². The zero-order valence-electron chi connectivity index (χ0n) is 11.7. The van der Waals surface area contributed by atoms with Crippen molar-refractivity contribution in [2.75, 3.05) is 13.2 Å². The number of hydrogen-bond donors (Lipinski definition) is 1. The van der Waals surface area contributed by atoms with Crippen molar-refractivity contribution in [3.8, 4) is 11.5 Å². The van der Waals surface area contributed by atoms with Crippen molar-refractivity contribution in [3.05, 3.63) is 23.8 Å². The highest BCUT2D eigenvalue weighted by Gasteiger charge is 2.24. The lowest BCUT2D eigenvalue weighted by atomic mass is 9.83. The molecular weight excluding hydrogens is 242 g/mol. The van der Waals surface area contributed by atoms with Gasteiger partial charge in [-0.25, -0.2) is 0 Å². The average Bonchev–Trinajstić information content (AvgIpc) is 2.37. The molecule has 4 nitrogen and oxygen atoms in total. The van der Waals surface area contributed by atoms with Gasteiger partial charge in [-0.3, -0.25) is 4.79 Å². The second-order valence-electron chi connectivity index (χ2n) is 5.96. The van der Waals surface area contributed by atoms with Gasteiger partial charge in [0.25, 0.3) is 0 Å². The molecule has 0 aliphatic carbocycles. The summed E-state index contributed by atoms with van der Waals surface area (Å²) in [6.07, 6.45) is 0.336. The lowest BCUT2D eigenvalue weighted by Gasteiger charge is -2.26. The normalized spacial score (nSPS) is 16.0. The lowest BCUT2D eigenvalue weighted by Crippen LogP contribution is -2.37. The Kier molecular flexibility index (Phi) is 3.80. The Labute approximate surface area is 113 Å². The van der Waals surface area contributed by atoms with E-state index in [-0.39, 0.29) is 17.2 Å². The molecule has 1 aliphatic heterocycles. The van der Waals surface area contributed by atoms with Gasteiger partial charge in [-0.1, -0.05) is 20.8 Å². The van der Waals surface area contributed by atoms with Crippen LogP contribution < -0.4 is 15.2 Å². The molecule has 1 aliphatic rings. The molecule has 1 unspecified atom stereocenters. The SMILES string of the molecule is CC(C)(C)C(N)CC(=O)c1ccc2c(c1)OCCO2. The molecule has 1 heterocycles. The van der Waals surface area contributed by atoms with Crippen LogP contribution in [-0.4, -0.2) is 25.0 Å². The summed E-state index contributed by atoms with van der Waals surface area (Å²) in [6, 6.07) is 5.13. The second kappa shape index (κ2) is 5.21. The van der Waals surface area contributed by atoms with E-state index in [1.54, 1.807) is 18.2 Å². The van der Waals surface area contributed by atoms with Gasteiger partial charge in [-0.05, 0) is 23.6 Å². The smallest absolute Gasteiger partial charge is 0.164 e. The van der Waals surface area contributed by atoms with E-state index in [0.717, 1.165) is 0 Å². The van der Waals surface area contributed by atoms with E-state index in [2.05, 4.69) is 0 Å². The first-order valence-corrected chi connectivity index (χ1v) is 6.56. The van der Waals surface area contributed by atoms with Crippen molar-refractivity contribution in [1.29, 1.82) is 0 Å². The van der Waals surface area contributed by atoms with E-state index in [0.29, 0.717) is 36.7 Å². The molecule has 0 saturated carbocycles. The number of carbonyl (C=O) groups excluding carboxylic acids is 1. The topological polar surface area (TPSA) is 61.6 Å². The third kappa shape index (κ3) is 3.26. The highest BCUT2D eigenvalue weighted by Crippen LogP contribution is 2.31. The zero-order chi connectivity index (χ0) is 14.0. The van der Waals surface area contributed by atoms with Gasteiger partial charge in [0, 0.05) is 18.0 Å². The summed E-state index contributed by atoms with van der Waals surface area (Å²) < 4.78 is 10.9. The first kappa shape index (κ1) is 13.9. The number of benzene rings is 1. The third-order valence-electron chi connectivity index (χ3n) is 3.38. The van der Waals surface area contributed by atoms with Crippen LogP contribution in [0, 0.1) is 5.41 Å². The van der Waals surface area contributed by atoms with E-state index in [9.17, 15) is 4.79 Å². The summed E-state index contributed by atoms with van der Waals surface area (Å²) in [5.74, 6) is 1.38. The monoisotopic (exact) mass is 263 g/mol. The van der Waals surface area contributed by atoms with Crippen molar-refractivity contribution in [2.45, 2.75) is 33.2 Å². The second-order valence-corrected chi connectivity index (χ2v) is 5.96. The molecule has 1 atom stereocenters. The maximum absolute atomic E-state index is 12.2. The number of hydrogen-bond acceptors (Lipinski definition) is 4. The minimum atomic E-state index is -0.159. The Bertz CT molecular complexity index is 477. The summed E-state index contributed by atoms with van der Waals surface area (Å²) in [5, 5.41) is 0. The quantitative estimate of drug-likeness (QED) is 0.851. The van der Waals surface area contributed by atoms with Gasteiger partial charge in [0.1, 0.15) is 13.2 Å². The molecule has 0 bridgehead atoms. The molecule has 104 valence electrons. The van der Waals surface area contributed by atoms with Crippen molar-refractivity contribution in [1.82, 2.24) is 0 Å². The van der Waals surface area contributed by atoms with Gasteiger partial charge in [-0.15, -0.1) is 0 Å². The first-order chi connectivity index (χ1) is 8.88. The minimum Gasteiger partial charge on any atom is -0.486 e. The fourth-order valence-electron chi connectivity index (χ4n) is 1.84. The molecule has 0 amide bonds. The van der Waals surface area contributed by atoms with Crippen LogP contribution >= 0.6 is 0 Å². The predicted octanol–water partition coefficient (Wildman–Crippen LogP) is 2.40. The molecule has 0 aromatic heterocycles. The molecule has 2 N–H and O–H groups in total. The van der Waals surface area contributed by atoms with Crippen LogP contribution in [0.15, 0.2) is 18.2 Å². The number of ether oxygens (including phenoxy) is 2. The molecule has 1 aromatic rings. The molecule has 19 heavy (non-hydrogen) atoms. The fraction of sp³-hybridized carbons (Fsp3) is 0.533. The number of ketones is 1. The number of nitrogens with two attached hydrogens (primary N) is 1. The Morgan fingerprint density at radius 1 is 1.26 bits per heavy atom. The molecule has 2 rings (SSSR count). The Morgan fingerprint density at radius 3 is 2.53 bits per heavy atom. The van der Waals surface area contributed by atoms with Crippen molar-refractivity contribution in [3.63, 3.8) is 0 Å². The summed E-state index contributed by atoms with van der Waals surface area (Å²) in [6.45, 7) is 7.18. The van der Waals surface area contributed by atoms with E-state index >= 15 is 0 Å². The maximum atomic E-state index is 12.2. The lowest BCUT2D eigenvalue weighted by molar-refractivity contribution is 0.0952. The van der Waals surface area contributed by atoms with Crippen LogP contribution in [0.3, 0.4) is 0 Å². The van der Waals surface area contributed by atoms with Crippen LogP contribution in [0.4, 0.5) is 0 Å². The first-order valence-electron chi connectivity index (χ1n) is 6.56. The third-order valence-corrected chi connectivity index (χ3v) is 3.38. The highest BCUT2D eigenvalue weighted by molar-refractivity contribution is 5.97. The van der Waals surface area contributed by atoms with E-state index < -0.39 is 0 Å². The maximum Gasteiger partial charge on any atom is 0.164 e. The number of carbonyl (C=O) groups is 1. The van der Waals surface area contributed by atoms with Crippen LogP contribution in [0.25, 0.3) is 0 Å². The van der Waals surface area contributed by atoms with E-state index in [1.165, 1.54) is 0 Å². The predicted molar refractivity (Wildman–Crippen MR) is 73.8 cm³/mol. The standard InChI is InChI=1S/C15H21NO3/c1-15(2,3)14(16)9-11(17)10-4-5-12-13(8-10)19-7-6-18-12/h4-5,8,14H,6-7,9,16H2,1-3H3. The van der Waals surface area contributed by atoms with Crippen LogP contribution in [0.5, 0.6) is 11.5 Å². The Balaban J connectivity index is 2.11. The summed E-state index contributed by atoms with van der Waals surface area (Å²) in [4.78, 5) is 12.2. The van der Waals surface area contributed by atoms with Crippen LogP contribution in [0.1, 0.15) is 37.6 Å². The van der Waals surface area contributed by atoms with Crippen molar-refractivity contribution >= 4 is 5.78 Å². The van der Waals surface area contributed by atoms with Crippen molar-refractivity contribution in [2.24, 2.45) is 11.1 Å².